The van der Waals surface area contributed by atoms with E-state index in [1.165, 1.54) is 16.8 Å². The largest absolute Gasteiger partial charge is 0.264 e. The molecule has 0 bridgehead atoms. The topological polar surface area (TPSA) is 64.0 Å². The third-order valence-electron chi connectivity index (χ3n) is 3.38. The van der Waals surface area contributed by atoms with Crippen molar-refractivity contribution >= 4 is 27.4 Å². The van der Waals surface area contributed by atoms with Gasteiger partial charge in [0.2, 0.25) is 0 Å². The van der Waals surface area contributed by atoms with Crippen LogP contribution in [0.1, 0.15) is 0 Å². The Morgan fingerprint density at radius 1 is 1.08 bits per heavy atom. The summed E-state index contributed by atoms with van der Waals surface area (Å²) in [6.07, 6.45) is 0. The Morgan fingerprint density at radius 3 is 2.33 bits per heavy atom. The molecule has 1 heterocycles. The number of nitrogens with one attached hydrogen (secondary N) is 1. The predicted octanol–water partition coefficient (Wildman–Crippen LogP) is 3.68. The lowest BCUT2D eigenvalue weighted by Gasteiger charge is -2.07. The maximum atomic E-state index is 12.9. The second kappa shape index (κ2) is 6.26. The second-order valence-corrected chi connectivity index (χ2v) is 7.22. The molecular weight excluding hydrogens is 353 g/mol. The summed E-state index contributed by atoms with van der Waals surface area (Å²) in [5.41, 5.74) is 1.41. The molecule has 0 fully saturated rings. The van der Waals surface area contributed by atoms with Gasteiger partial charge in [0.15, 0.2) is 0 Å². The van der Waals surface area contributed by atoms with Crippen LogP contribution in [0.15, 0.2) is 59.5 Å². The van der Waals surface area contributed by atoms with E-state index in [2.05, 4.69) is 9.82 Å². The average Bonchev–Trinajstić information content (AvgIpc) is 2.89. The monoisotopic (exact) mass is 365 g/mol. The second-order valence-electron chi connectivity index (χ2n) is 5.10. The average molecular weight is 366 g/mol. The van der Waals surface area contributed by atoms with E-state index >= 15 is 0 Å². The Bertz CT molecular complexity index is 968. The van der Waals surface area contributed by atoms with Crippen molar-refractivity contribution in [2.45, 2.75) is 4.90 Å². The highest BCUT2D eigenvalue weighted by atomic mass is 35.5. The predicted molar refractivity (Wildman–Crippen MR) is 90.9 cm³/mol. The van der Waals surface area contributed by atoms with Crippen molar-refractivity contribution in [1.82, 2.24) is 9.78 Å². The summed E-state index contributed by atoms with van der Waals surface area (Å²) in [5, 5.41) is 4.89. The fourth-order valence-corrected chi connectivity index (χ4v) is 3.34. The number of hydrogen-bond donors (Lipinski definition) is 1. The molecule has 0 unspecified atom stereocenters. The number of rotatable bonds is 4. The first-order chi connectivity index (χ1) is 11.3. The summed E-state index contributed by atoms with van der Waals surface area (Å²) < 4.78 is 41.5. The number of nitrogens with zero attached hydrogens (tertiary/aromatic N) is 2. The number of halogens is 2. The quantitative estimate of drug-likeness (QED) is 0.767. The molecule has 0 saturated heterocycles. The third kappa shape index (κ3) is 3.42. The molecule has 3 aromatic rings. The molecule has 2 aromatic carbocycles. The maximum Gasteiger partial charge on any atom is 0.263 e. The normalized spacial score (nSPS) is 11.5. The zero-order chi connectivity index (χ0) is 17.3. The van der Waals surface area contributed by atoms with Gasteiger partial charge in [-0.05, 0) is 36.4 Å². The molecule has 3 rings (SSSR count). The van der Waals surface area contributed by atoms with Crippen LogP contribution in [0.2, 0.25) is 5.02 Å². The lowest BCUT2D eigenvalue weighted by Crippen LogP contribution is -2.15. The van der Waals surface area contributed by atoms with Crippen LogP contribution in [0.3, 0.4) is 0 Å². The van der Waals surface area contributed by atoms with Crippen LogP contribution >= 0.6 is 11.6 Å². The van der Waals surface area contributed by atoms with E-state index in [1.54, 1.807) is 37.4 Å². The Labute approximate surface area is 143 Å². The molecule has 0 spiro atoms. The molecule has 8 heteroatoms. The molecule has 5 nitrogen and oxygen atoms in total. The number of aryl methyl sites for hydroxylation is 1. The van der Waals surface area contributed by atoms with E-state index < -0.39 is 15.8 Å². The van der Waals surface area contributed by atoms with Gasteiger partial charge in [0.25, 0.3) is 10.0 Å². The van der Waals surface area contributed by atoms with Gasteiger partial charge in [0.1, 0.15) is 11.6 Å². The Balaban J connectivity index is 1.90. The molecule has 0 saturated carbocycles. The van der Waals surface area contributed by atoms with Crippen LogP contribution in [0.25, 0.3) is 11.3 Å². The molecule has 24 heavy (non-hydrogen) atoms. The van der Waals surface area contributed by atoms with Crippen molar-refractivity contribution in [2.75, 3.05) is 4.72 Å². The maximum absolute atomic E-state index is 12.9. The lowest BCUT2D eigenvalue weighted by molar-refractivity contribution is 0.599. The summed E-state index contributed by atoms with van der Waals surface area (Å²) in [7, 11) is -2.20. The van der Waals surface area contributed by atoms with E-state index in [-0.39, 0.29) is 4.90 Å². The minimum Gasteiger partial charge on any atom is -0.264 e. The summed E-state index contributed by atoms with van der Waals surface area (Å²) >= 11 is 5.86. The zero-order valence-corrected chi connectivity index (χ0v) is 14.1. The van der Waals surface area contributed by atoms with Crippen molar-refractivity contribution < 1.29 is 12.8 Å². The zero-order valence-electron chi connectivity index (χ0n) is 12.6. The molecule has 0 atom stereocenters. The first-order valence-electron chi connectivity index (χ1n) is 6.93. The molecule has 1 aromatic heterocycles. The minimum atomic E-state index is -3.83. The number of benzene rings is 2. The van der Waals surface area contributed by atoms with Crippen LogP contribution in [-0.4, -0.2) is 18.2 Å². The van der Waals surface area contributed by atoms with Crippen LogP contribution in [0.4, 0.5) is 10.2 Å². The summed E-state index contributed by atoms with van der Waals surface area (Å²) in [6, 6.07) is 13.3. The van der Waals surface area contributed by atoms with Crippen LogP contribution in [0, 0.1) is 5.82 Å². The summed E-state index contributed by atoms with van der Waals surface area (Å²) in [4.78, 5) is -0.0295. The number of anilines is 1. The highest BCUT2D eigenvalue weighted by Gasteiger charge is 2.17. The molecule has 0 aliphatic carbocycles. The van der Waals surface area contributed by atoms with E-state index in [0.29, 0.717) is 16.5 Å². The smallest absolute Gasteiger partial charge is 0.263 e. The SMILES string of the molecule is Cn1nc(-c2ccc(Cl)cc2)cc1NS(=O)(=O)c1ccc(F)cc1. The van der Waals surface area contributed by atoms with E-state index in [1.807, 2.05) is 0 Å². The van der Waals surface area contributed by atoms with Gasteiger partial charge in [0.05, 0.1) is 10.6 Å². The van der Waals surface area contributed by atoms with Gasteiger partial charge in [0, 0.05) is 23.7 Å². The number of sulfonamides is 1. The third-order valence-corrected chi connectivity index (χ3v) is 5.01. The Hall–Kier alpha value is -2.38. The standard InChI is InChI=1S/C16H13ClFN3O2S/c1-21-16(10-15(19-21)11-2-4-12(17)5-3-11)20-24(22,23)14-8-6-13(18)7-9-14/h2-10,20H,1H3. The molecule has 0 aliphatic heterocycles. The van der Waals surface area contributed by atoms with Crippen molar-refractivity contribution in [3.05, 3.63) is 65.4 Å². The van der Waals surface area contributed by atoms with Gasteiger partial charge in [-0.25, -0.2) is 12.8 Å². The minimum absolute atomic E-state index is 0.0295. The van der Waals surface area contributed by atoms with Gasteiger partial charge < -0.3 is 0 Å². The molecule has 0 radical (unpaired) electrons. The Morgan fingerprint density at radius 2 is 1.71 bits per heavy atom. The fraction of sp³-hybridized carbons (Fsp3) is 0.0625. The van der Waals surface area contributed by atoms with E-state index in [4.69, 9.17) is 11.6 Å². The van der Waals surface area contributed by atoms with Crippen molar-refractivity contribution in [3.63, 3.8) is 0 Å². The molecule has 0 amide bonds. The number of hydrogen-bond acceptors (Lipinski definition) is 3. The van der Waals surface area contributed by atoms with Crippen LogP contribution < -0.4 is 4.72 Å². The highest BCUT2D eigenvalue weighted by Crippen LogP contribution is 2.24. The highest BCUT2D eigenvalue weighted by molar-refractivity contribution is 7.92. The van der Waals surface area contributed by atoms with Crippen molar-refractivity contribution in [3.8, 4) is 11.3 Å². The molecule has 0 aliphatic rings. The van der Waals surface area contributed by atoms with E-state index in [0.717, 1.165) is 17.7 Å². The van der Waals surface area contributed by atoms with Gasteiger partial charge in [-0.2, -0.15) is 5.10 Å². The lowest BCUT2D eigenvalue weighted by atomic mass is 10.1. The van der Waals surface area contributed by atoms with Crippen molar-refractivity contribution in [1.29, 1.82) is 0 Å². The molecular formula is C16H13ClFN3O2S. The van der Waals surface area contributed by atoms with Gasteiger partial charge in [-0.1, -0.05) is 23.7 Å². The van der Waals surface area contributed by atoms with Crippen LogP contribution in [0.5, 0.6) is 0 Å². The van der Waals surface area contributed by atoms with Crippen molar-refractivity contribution in [2.24, 2.45) is 7.05 Å². The first kappa shape index (κ1) is 16.5. The molecule has 1 N–H and O–H groups in total. The summed E-state index contributed by atoms with van der Waals surface area (Å²) in [5.74, 6) is -0.205. The van der Waals surface area contributed by atoms with Crippen LogP contribution in [-0.2, 0) is 17.1 Å². The number of aromatic nitrogens is 2. The molecule has 124 valence electrons. The Kier molecular flexibility index (Phi) is 4.29. The first-order valence-corrected chi connectivity index (χ1v) is 8.80. The summed E-state index contributed by atoms with van der Waals surface area (Å²) in [6.45, 7) is 0. The fourth-order valence-electron chi connectivity index (χ4n) is 2.13. The van der Waals surface area contributed by atoms with Gasteiger partial charge >= 0.3 is 0 Å². The van der Waals surface area contributed by atoms with Gasteiger partial charge in [-0.3, -0.25) is 9.40 Å². The van der Waals surface area contributed by atoms with E-state index in [9.17, 15) is 12.8 Å². The van der Waals surface area contributed by atoms with Gasteiger partial charge in [-0.15, -0.1) is 0 Å².